The van der Waals surface area contributed by atoms with E-state index in [1.54, 1.807) is 6.92 Å². The molecule has 0 aromatic heterocycles. The van der Waals surface area contributed by atoms with Gasteiger partial charge in [0.05, 0.1) is 6.07 Å². The molecular weight excluding hydrogens is 212 g/mol. The number of amides is 1. The predicted octanol–water partition coefficient (Wildman–Crippen LogP) is 2.57. The van der Waals surface area contributed by atoms with Crippen molar-refractivity contribution < 1.29 is 4.79 Å². The van der Waals surface area contributed by atoms with Crippen molar-refractivity contribution >= 4 is 5.91 Å². The van der Waals surface area contributed by atoms with E-state index < -0.39 is 5.41 Å². The molecule has 0 spiro atoms. The number of hydrogen-bond acceptors (Lipinski definition) is 2. The van der Waals surface area contributed by atoms with Gasteiger partial charge in [-0.3, -0.25) is 4.79 Å². The molecule has 2 aliphatic rings. The fourth-order valence-corrected chi connectivity index (χ4v) is 2.09. The topological polar surface area (TPSA) is 44.1 Å². The average molecular weight is 234 g/mol. The number of carbonyl (C=O) groups is 1. The van der Waals surface area contributed by atoms with E-state index in [1.807, 2.05) is 11.8 Å². The van der Waals surface area contributed by atoms with E-state index >= 15 is 0 Å². The Bertz CT molecular complexity index is 325. The second-order valence-electron chi connectivity index (χ2n) is 5.89. The smallest absolute Gasteiger partial charge is 0.242 e. The van der Waals surface area contributed by atoms with E-state index in [-0.39, 0.29) is 5.91 Å². The Hall–Kier alpha value is -1.04. The van der Waals surface area contributed by atoms with Gasteiger partial charge in [-0.05, 0) is 50.9 Å². The molecule has 1 unspecified atom stereocenters. The van der Waals surface area contributed by atoms with Gasteiger partial charge in [-0.25, -0.2) is 0 Å². The first-order chi connectivity index (χ1) is 8.09. The summed E-state index contributed by atoms with van der Waals surface area (Å²) in [7, 11) is 0. The van der Waals surface area contributed by atoms with Crippen LogP contribution in [0.4, 0.5) is 0 Å². The molecule has 0 aromatic carbocycles. The van der Waals surface area contributed by atoms with Gasteiger partial charge >= 0.3 is 0 Å². The second-order valence-corrected chi connectivity index (χ2v) is 5.89. The van der Waals surface area contributed by atoms with Crippen molar-refractivity contribution in [3.63, 3.8) is 0 Å². The van der Waals surface area contributed by atoms with Crippen molar-refractivity contribution in [1.82, 2.24) is 4.90 Å². The molecule has 0 N–H and O–H groups in total. The Morgan fingerprint density at radius 3 is 2.06 bits per heavy atom. The molecule has 3 heteroatoms. The fourth-order valence-electron chi connectivity index (χ4n) is 2.09. The first-order valence-corrected chi connectivity index (χ1v) is 6.79. The highest BCUT2D eigenvalue weighted by atomic mass is 16.2. The quantitative estimate of drug-likeness (QED) is 0.709. The Morgan fingerprint density at radius 1 is 1.29 bits per heavy atom. The number of rotatable bonds is 6. The van der Waals surface area contributed by atoms with Crippen LogP contribution in [0.25, 0.3) is 0 Å². The third kappa shape index (κ3) is 3.00. The average Bonchev–Trinajstić information content (AvgIpc) is 3.21. The van der Waals surface area contributed by atoms with E-state index in [4.69, 9.17) is 0 Å². The Kier molecular flexibility index (Phi) is 3.42. The third-order valence-corrected chi connectivity index (χ3v) is 4.06. The number of hydrogen-bond donors (Lipinski definition) is 0. The largest absolute Gasteiger partial charge is 0.341 e. The maximum absolute atomic E-state index is 12.5. The van der Waals surface area contributed by atoms with Crippen LogP contribution >= 0.6 is 0 Å². The highest BCUT2D eigenvalue weighted by Crippen LogP contribution is 2.35. The van der Waals surface area contributed by atoms with Crippen LogP contribution in [0.3, 0.4) is 0 Å². The summed E-state index contributed by atoms with van der Waals surface area (Å²) in [6, 6.07) is 2.20. The summed E-state index contributed by atoms with van der Waals surface area (Å²) in [6.07, 6.45) is 5.62. The summed E-state index contributed by atoms with van der Waals surface area (Å²) in [5, 5.41) is 9.21. The third-order valence-electron chi connectivity index (χ3n) is 4.06. The minimum absolute atomic E-state index is 0.0568. The summed E-state index contributed by atoms with van der Waals surface area (Å²) < 4.78 is 0. The van der Waals surface area contributed by atoms with Crippen molar-refractivity contribution in [3.05, 3.63) is 0 Å². The van der Waals surface area contributed by atoms with Gasteiger partial charge in [0.15, 0.2) is 0 Å². The summed E-state index contributed by atoms with van der Waals surface area (Å²) in [5.41, 5.74) is -0.816. The normalized spacial score (nSPS) is 22.6. The zero-order valence-corrected chi connectivity index (χ0v) is 10.9. The van der Waals surface area contributed by atoms with E-state index in [1.165, 1.54) is 25.7 Å². The Balaban J connectivity index is 2.01. The molecule has 1 atom stereocenters. The lowest BCUT2D eigenvalue weighted by molar-refractivity contribution is -0.139. The van der Waals surface area contributed by atoms with Gasteiger partial charge in [0.1, 0.15) is 5.41 Å². The molecule has 2 fully saturated rings. The summed E-state index contributed by atoms with van der Waals surface area (Å²) in [6.45, 7) is 5.47. The highest BCUT2D eigenvalue weighted by molar-refractivity contribution is 5.85. The van der Waals surface area contributed by atoms with E-state index in [0.717, 1.165) is 13.1 Å². The van der Waals surface area contributed by atoms with Crippen molar-refractivity contribution in [3.8, 4) is 6.07 Å². The zero-order valence-electron chi connectivity index (χ0n) is 10.9. The van der Waals surface area contributed by atoms with Gasteiger partial charge in [-0.2, -0.15) is 5.26 Å². The first kappa shape index (κ1) is 12.4. The molecule has 0 aromatic rings. The number of carbonyl (C=O) groups excluding carboxylic acids is 1. The summed E-state index contributed by atoms with van der Waals surface area (Å²) >= 11 is 0. The standard InChI is InChI=1S/C14H22N2O/c1-3-14(2,10-15)13(17)16(8-11-4-5-11)9-12-6-7-12/h11-12H,3-9H2,1-2H3. The van der Waals surface area contributed by atoms with Crippen LogP contribution < -0.4 is 0 Å². The molecule has 3 nitrogen and oxygen atoms in total. The lowest BCUT2D eigenvalue weighted by atomic mass is 9.87. The van der Waals surface area contributed by atoms with Crippen LogP contribution in [-0.2, 0) is 4.79 Å². The molecule has 2 aliphatic carbocycles. The van der Waals surface area contributed by atoms with Crippen molar-refractivity contribution in [2.45, 2.75) is 46.0 Å². The van der Waals surface area contributed by atoms with Gasteiger partial charge in [0.2, 0.25) is 5.91 Å². The number of nitriles is 1. The van der Waals surface area contributed by atoms with Crippen molar-refractivity contribution in [1.29, 1.82) is 5.26 Å². The molecule has 94 valence electrons. The predicted molar refractivity (Wildman–Crippen MR) is 66.0 cm³/mol. The van der Waals surface area contributed by atoms with Gasteiger partial charge in [-0.15, -0.1) is 0 Å². The van der Waals surface area contributed by atoms with Gasteiger partial charge in [0, 0.05) is 13.1 Å². The Morgan fingerprint density at radius 2 is 1.76 bits per heavy atom. The van der Waals surface area contributed by atoms with Gasteiger partial charge in [-0.1, -0.05) is 6.92 Å². The van der Waals surface area contributed by atoms with Crippen LogP contribution in [0, 0.1) is 28.6 Å². The maximum atomic E-state index is 12.5. The summed E-state index contributed by atoms with van der Waals surface area (Å²) in [5.74, 6) is 1.47. The molecule has 17 heavy (non-hydrogen) atoms. The van der Waals surface area contributed by atoms with E-state index in [0.29, 0.717) is 18.3 Å². The van der Waals surface area contributed by atoms with Crippen molar-refractivity contribution in [2.24, 2.45) is 17.3 Å². The molecule has 2 rings (SSSR count). The van der Waals surface area contributed by atoms with Gasteiger partial charge < -0.3 is 4.90 Å². The van der Waals surface area contributed by atoms with E-state index in [9.17, 15) is 10.1 Å². The molecule has 1 amide bonds. The molecule has 2 saturated carbocycles. The molecule has 0 bridgehead atoms. The van der Waals surface area contributed by atoms with Gasteiger partial charge in [0.25, 0.3) is 0 Å². The lowest BCUT2D eigenvalue weighted by Gasteiger charge is -2.29. The number of nitrogens with zero attached hydrogens (tertiary/aromatic N) is 2. The minimum atomic E-state index is -0.816. The van der Waals surface area contributed by atoms with E-state index in [2.05, 4.69) is 6.07 Å². The lowest BCUT2D eigenvalue weighted by Crippen LogP contribution is -2.43. The molecule has 0 radical (unpaired) electrons. The molecular formula is C14H22N2O. The molecule has 0 aliphatic heterocycles. The zero-order chi connectivity index (χ0) is 12.5. The molecule has 0 saturated heterocycles. The van der Waals surface area contributed by atoms with Crippen LogP contribution in [0.1, 0.15) is 46.0 Å². The molecule has 0 heterocycles. The van der Waals surface area contributed by atoms with Crippen LogP contribution in [0.5, 0.6) is 0 Å². The van der Waals surface area contributed by atoms with Crippen LogP contribution in [-0.4, -0.2) is 23.9 Å². The highest BCUT2D eigenvalue weighted by Gasteiger charge is 2.39. The SMILES string of the molecule is CCC(C)(C#N)C(=O)N(CC1CC1)CC1CC1. The monoisotopic (exact) mass is 234 g/mol. The maximum Gasteiger partial charge on any atom is 0.242 e. The fraction of sp³-hybridized carbons (Fsp3) is 0.857. The first-order valence-electron chi connectivity index (χ1n) is 6.79. The minimum Gasteiger partial charge on any atom is -0.341 e. The van der Waals surface area contributed by atoms with Crippen molar-refractivity contribution in [2.75, 3.05) is 13.1 Å². The van der Waals surface area contributed by atoms with Crippen LogP contribution in [0.2, 0.25) is 0 Å². The van der Waals surface area contributed by atoms with Crippen LogP contribution in [0.15, 0.2) is 0 Å². The summed E-state index contributed by atoms with van der Waals surface area (Å²) in [4.78, 5) is 14.4. The second kappa shape index (κ2) is 4.68. The Labute approximate surface area is 104 Å².